The molecule has 1 aromatic heterocycles. The number of halogens is 2. The zero-order chi connectivity index (χ0) is 32.3. The Labute approximate surface area is 268 Å². The highest BCUT2D eigenvalue weighted by atomic mass is 35.5. The lowest BCUT2D eigenvalue weighted by Crippen LogP contribution is -2.45. The zero-order valence-corrected chi connectivity index (χ0v) is 26.8. The Morgan fingerprint density at radius 3 is 2.24 bits per heavy atom. The largest absolute Gasteiger partial charge is 0.415 e. The number of hydrogen-bond acceptors (Lipinski definition) is 6. The van der Waals surface area contributed by atoms with Gasteiger partial charge in [-0.05, 0) is 87.7 Å². The number of aromatic nitrogens is 1. The first-order valence-corrected chi connectivity index (χ1v) is 15.5. The first kappa shape index (κ1) is 32.2. The summed E-state index contributed by atoms with van der Waals surface area (Å²) in [6.45, 7) is 7.94. The van der Waals surface area contributed by atoms with E-state index in [0.29, 0.717) is 49.6 Å². The molecule has 2 atom stereocenters. The maximum Gasteiger partial charge on any atom is 0.415 e. The van der Waals surface area contributed by atoms with Crippen LogP contribution in [0.3, 0.4) is 0 Å². The van der Waals surface area contributed by atoms with Gasteiger partial charge >= 0.3 is 6.09 Å². The second-order valence-electron chi connectivity index (χ2n) is 12.8. The van der Waals surface area contributed by atoms with Gasteiger partial charge in [0.1, 0.15) is 17.4 Å². The molecule has 11 heteroatoms. The van der Waals surface area contributed by atoms with Gasteiger partial charge in [-0.25, -0.2) is 14.2 Å². The zero-order valence-electron chi connectivity index (χ0n) is 26.0. The number of likely N-dealkylation sites (N-methyl/N-ethyl adjacent to an activating group) is 1. The Balaban J connectivity index is 1.23. The minimum Gasteiger partial charge on any atom is -0.410 e. The summed E-state index contributed by atoms with van der Waals surface area (Å²) >= 11 is 6.15. The quantitative estimate of drug-likeness (QED) is 0.371. The van der Waals surface area contributed by atoms with Crippen molar-refractivity contribution in [3.63, 3.8) is 0 Å². The van der Waals surface area contributed by atoms with Crippen LogP contribution in [-0.2, 0) is 4.79 Å². The number of carbonyl (C=O) groups excluding carboxylic acids is 3. The summed E-state index contributed by atoms with van der Waals surface area (Å²) in [5, 5.41) is 3.55. The van der Waals surface area contributed by atoms with Crippen LogP contribution in [0.15, 0.2) is 66.9 Å². The molecule has 2 aromatic carbocycles. The van der Waals surface area contributed by atoms with Gasteiger partial charge in [0.2, 0.25) is 5.91 Å². The summed E-state index contributed by atoms with van der Waals surface area (Å²) in [7, 11) is 1.66. The second kappa shape index (κ2) is 13.4. The molecule has 0 unspecified atom stereocenters. The predicted molar refractivity (Wildman–Crippen MR) is 171 cm³/mol. The molecule has 9 nitrogen and oxygen atoms in total. The van der Waals surface area contributed by atoms with Gasteiger partial charge in [-0.3, -0.25) is 9.59 Å². The smallest absolute Gasteiger partial charge is 0.410 e. The van der Waals surface area contributed by atoms with Gasteiger partial charge in [0.25, 0.3) is 5.91 Å². The number of piperidine rings is 1. The number of nitrogens with one attached hydrogen (secondary N) is 1. The molecule has 2 aliphatic heterocycles. The fourth-order valence-electron chi connectivity index (χ4n) is 5.94. The maximum atomic E-state index is 13.8. The van der Waals surface area contributed by atoms with Crippen LogP contribution >= 0.6 is 11.6 Å². The summed E-state index contributed by atoms with van der Waals surface area (Å²) in [5.74, 6) is 0.204. The number of ether oxygens (including phenoxy) is 1. The Hall–Kier alpha value is -4.18. The van der Waals surface area contributed by atoms with E-state index in [4.69, 9.17) is 16.3 Å². The Morgan fingerprint density at radius 1 is 0.978 bits per heavy atom. The van der Waals surface area contributed by atoms with E-state index in [1.54, 1.807) is 19.3 Å². The van der Waals surface area contributed by atoms with Gasteiger partial charge in [-0.2, -0.15) is 0 Å². The summed E-state index contributed by atoms with van der Waals surface area (Å²) in [5.41, 5.74) is 1.14. The molecule has 0 spiro atoms. The minimum absolute atomic E-state index is 0.0681. The number of carbonyl (C=O) groups is 3. The van der Waals surface area contributed by atoms with Crippen molar-refractivity contribution in [1.82, 2.24) is 20.1 Å². The van der Waals surface area contributed by atoms with E-state index in [-0.39, 0.29) is 41.0 Å². The molecule has 2 saturated heterocycles. The topological polar surface area (TPSA) is 95.1 Å². The number of benzene rings is 2. The summed E-state index contributed by atoms with van der Waals surface area (Å²) < 4.78 is 18.9. The molecule has 238 valence electrons. The summed E-state index contributed by atoms with van der Waals surface area (Å²) in [6, 6.07) is 16.0. The summed E-state index contributed by atoms with van der Waals surface area (Å²) in [6.07, 6.45) is 2.35. The Bertz CT molecular complexity index is 1500. The number of rotatable bonds is 6. The second-order valence-corrected chi connectivity index (χ2v) is 13.2. The molecule has 1 N–H and O–H groups in total. The average molecular weight is 636 g/mol. The van der Waals surface area contributed by atoms with Gasteiger partial charge in [0, 0.05) is 61.8 Å². The SMILES string of the molecule is CN(C(=O)Oc1ccc(F)cc1)[C@@H]1CN(C(=O)C2CCN(c3ccc(C(=O)NC(C)(C)C)cn3)CC2)C[C@H]1c1ccc(Cl)cc1. The molecule has 3 amide bonds. The number of pyridine rings is 1. The molecule has 45 heavy (non-hydrogen) atoms. The molecule has 3 aromatic rings. The van der Waals surface area contributed by atoms with Gasteiger partial charge < -0.3 is 24.8 Å². The third kappa shape index (κ3) is 7.92. The molecular weight excluding hydrogens is 597 g/mol. The number of hydrogen-bond donors (Lipinski definition) is 1. The Morgan fingerprint density at radius 2 is 1.64 bits per heavy atom. The van der Waals surface area contributed by atoms with Crippen LogP contribution in [0, 0.1) is 11.7 Å². The van der Waals surface area contributed by atoms with Crippen molar-refractivity contribution >= 4 is 35.3 Å². The van der Waals surface area contributed by atoms with Crippen molar-refractivity contribution < 1.29 is 23.5 Å². The van der Waals surface area contributed by atoms with E-state index in [1.165, 1.54) is 29.2 Å². The van der Waals surface area contributed by atoms with Crippen molar-refractivity contribution in [2.24, 2.45) is 5.92 Å². The van der Waals surface area contributed by atoms with Crippen molar-refractivity contribution in [1.29, 1.82) is 0 Å². The fourth-order valence-corrected chi connectivity index (χ4v) is 6.07. The highest BCUT2D eigenvalue weighted by Crippen LogP contribution is 2.34. The van der Waals surface area contributed by atoms with Crippen LogP contribution in [0.1, 0.15) is 55.5 Å². The molecule has 2 fully saturated rings. The van der Waals surface area contributed by atoms with E-state index in [0.717, 1.165) is 11.4 Å². The van der Waals surface area contributed by atoms with Crippen molar-refractivity contribution in [3.05, 3.63) is 88.8 Å². The monoisotopic (exact) mass is 635 g/mol. The molecule has 0 aliphatic carbocycles. The Kier molecular flexibility index (Phi) is 9.62. The molecule has 3 heterocycles. The number of amides is 3. The molecule has 5 rings (SSSR count). The molecule has 0 bridgehead atoms. The van der Waals surface area contributed by atoms with Gasteiger partial charge in [-0.1, -0.05) is 23.7 Å². The van der Waals surface area contributed by atoms with E-state index in [9.17, 15) is 18.8 Å². The lowest BCUT2D eigenvalue weighted by atomic mass is 9.93. The number of anilines is 1. The lowest BCUT2D eigenvalue weighted by molar-refractivity contribution is -0.135. The maximum absolute atomic E-state index is 13.8. The normalized spacial score (nSPS) is 18.9. The molecule has 0 radical (unpaired) electrons. The van der Waals surface area contributed by atoms with E-state index < -0.39 is 11.9 Å². The third-order valence-electron chi connectivity index (χ3n) is 8.37. The van der Waals surface area contributed by atoms with E-state index >= 15 is 0 Å². The highest BCUT2D eigenvalue weighted by Gasteiger charge is 2.42. The van der Waals surface area contributed by atoms with E-state index in [1.807, 2.05) is 56.0 Å². The standard InChI is InChI=1S/C34H39ClFN5O4/c1-34(2,3)38-31(42)24-7-14-30(37-19-24)40-17-15-23(16-18-40)32(43)41-20-28(22-5-8-25(35)9-6-22)29(21-41)39(4)33(44)45-27-12-10-26(36)11-13-27/h5-14,19,23,28-29H,15-18,20-21H2,1-4H3,(H,38,42)/t28-,29+/m0/s1. The lowest BCUT2D eigenvalue weighted by Gasteiger charge is -2.34. The molecule has 0 saturated carbocycles. The van der Waals surface area contributed by atoms with Gasteiger partial charge in [-0.15, -0.1) is 0 Å². The number of likely N-dealkylation sites (tertiary alicyclic amines) is 1. The molecule has 2 aliphatic rings. The fraction of sp³-hybridized carbons (Fsp3) is 0.412. The first-order chi connectivity index (χ1) is 21.4. The van der Waals surface area contributed by atoms with Crippen molar-refractivity contribution in [2.45, 2.75) is 51.1 Å². The van der Waals surface area contributed by atoms with Crippen LogP contribution < -0.4 is 15.0 Å². The summed E-state index contributed by atoms with van der Waals surface area (Å²) in [4.78, 5) is 49.5. The average Bonchev–Trinajstić information content (AvgIpc) is 3.46. The van der Waals surface area contributed by atoms with E-state index in [2.05, 4.69) is 15.2 Å². The molecular formula is C34H39ClFN5O4. The van der Waals surface area contributed by atoms with Gasteiger partial charge in [0.05, 0.1) is 11.6 Å². The van der Waals surface area contributed by atoms with Crippen LogP contribution in [-0.4, -0.2) is 77.5 Å². The number of nitrogens with zero attached hydrogens (tertiary/aromatic N) is 4. The highest BCUT2D eigenvalue weighted by molar-refractivity contribution is 6.30. The van der Waals surface area contributed by atoms with Crippen LogP contribution in [0.5, 0.6) is 5.75 Å². The van der Waals surface area contributed by atoms with Crippen LogP contribution in [0.25, 0.3) is 0 Å². The first-order valence-electron chi connectivity index (χ1n) is 15.2. The minimum atomic E-state index is -0.581. The van der Waals surface area contributed by atoms with Crippen molar-refractivity contribution in [2.75, 3.05) is 38.1 Å². The van der Waals surface area contributed by atoms with Gasteiger partial charge in [0.15, 0.2) is 0 Å². The third-order valence-corrected chi connectivity index (χ3v) is 8.62. The van der Waals surface area contributed by atoms with Crippen molar-refractivity contribution in [3.8, 4) is 5.75 Å². The van der Waals surface area contributed by atoms with Crippen LogP contribution in [0.4, 0.5) is 15.0 Å². The van der Waals surface area contributed by atoms with Crippen LogP contribution in [0.2, 0.25) is 5.02 Å². The predicted octanol–water partition coefficient (Wildman–Crippen LogP) is 5.74.